The number of fused-ring (bicyclic) bond motifs is 1. The first-order valence-corrected chi connectivity index (χ1v) is 11.5. The monoisotopic (exact) mass is 560 g/mol. The first-order chi connectivity index (χ1) is 15.7. The van der Waals surface area contributed by atoms with E-state index in [9.17, 15) is 4.79 Å². The van der Waals surface area contributed by atoms with E-state index >= 15 is 0 Å². The number of rotatable bonds is 8. The van der Waals surface area contributed by atoms with Gasteiger partial charge in [0.1, 0.15) is 5.82 Å². The Morgan fingerprint density at radius 2 is 1.91 bits per heavy atom. The van der Waals surface area contributed by atoms with Crippen molar-refractivity contribution in [2.24, 2.45) is 4.99 Å². The molecule has 3 aromatic rings. The number of guanidine groups is 1. The minimum atomic E-state index is 0. The summed E-state index contributed by atoms with van der Waals surface area (Å²) >= 11 is 0. The van der Waals surface area contributed by atoms with Gasteiger partial charge in [-0.1, -0.05) is 24.3 Å². The molecule has 1 amide bonds. The SMILES string of the molecule is CCNC(=NCc1ccc(N2CCCC2=O)cc1)NCCCn1c(C)nc2ccccc21.I. The third-order valence-electron chi connectivity index (χ3n) is 5.78. The molecule has 1 saturated heterocycles. The van der Waals surface area contributed by atoms with Crippen molar-refractivity contribution >= 4 is 52.6 Å². The summed E-state index contributed by atoms with van der Waals surface area (Å²) in [6.07, 6.45) is 2.57. The number of carbonyl (C=O) groups is 1. The quantitative estimate of drug-likeness (QED) is 0.187. The summed E-state index contributed by atoms with van der Waals surface area (Å²) in [4.78, 5) is 23.1. The molecule has 0 aliphatic carbocycles. The summed E-state index contributed by atoms with van der Waals surface area (Å²) in [7, 11) is 0. The molecule has 33 heavy (non-hydrogen) atoms. The van der Waals surface area contributed by atoms with E-state index in [1.165, 1.54) is 5.52 Å². The van der Waals surface area contributed by atoms with Gasteiger partial charge in [-0.3, -0.25) is 4.79 Å². The van der Waals surface area contributed by atoms with Gasteiger partial charge in [-0.05, 0) is 56.5 Å². The van der Waals surface area contributed by atoms with Gasteiger partial charge in [-0.15, -0.1) is 24.0 Å². The number of hydrogen-bond acceptors (Lipinski definition) is 3. The van der Waals surface area contributed by atoms with Crippen molar-refractivity contribution in [2.45, 2.75) is 46.2 Å². The molecule has 176 valence electrons. The van der Waals surface area contributed by atoms with Crippen LogP contribution in [0.1, 0.15) is 37.6 Å². The summed E-state index contributed by atoms with van der Waals surface area (Å²) in [6, 6.07) is 16.4. The lowest BCUT2D eigenvalue weighted by Crippen LogP contribution is -2.38. The zero-order valence-corrected chi connectivity index (χ0v) is 21.7. The molecule has 0 spiro atoms. The number of hydrogen-bond donors (Lipinski definition) is 2. The zero-order chi connectivity index (χ0) is 22.3. The van der Waals surface area contributed by atoms with Crippen molar-refractivity contribution < 1.29 is 4.79 Å². The molecule has 0 unspecified atom stereocenters. The molecule has 8 heteroatoms. The molecule has 2 heterocycles. The van der Waals surface area contributed by atoms with E-state index in [1.54, 1.807) is 0 Å². The van der Waals surface area contributed by atoms with E-state index in [0.717, 1.165) is 67.6 Å². The highest BCUT2D eigenvalue weighted by molar-refractivity contribution is 14.0. The summed E-state index contributed by atoms with van der Waals surface area (Å²) in [6.45, 7) is 8.09. The van der Waals surface area contributed by atoms with Gasteiger partial charge in [0, 0.05) is 38.3 Å². The van der Waals surface area contributed by atoms with Gasteiger partial charge in [-0.25, -0.2) is 9.98 Å². The van der Waals surface area contributed by atoms with Gasteiger partial charge in [0.2, 0.25) is 5.91 Å². The van der Waals surface area contributed by atoms with Gasteiger partial charge in [-0.2, -0.15) is 0 Å². The van der Waals surface area contributed by atoms with Crippen LogP contribution in [0.25, 0.3) is 11.0 Å². The fourth-order valence-electron chi connectivity index (χ4n) is 4.14. The number of imidazole rings is 1. The summed E-state index contributed by atoms with van der Waals surface area (Å²) < 4.78 is 2.27. The highest BCUT2D eigenvalue weighted by atomic mass is 127. The first-order valence-electron chi connectivity index (χ1n) is 11.5. The number of anilines is 1. The molecule has 1 aromatic heterocycles. The minimum absolute atomic E-state index is 0. The van der Waals surface area contributed by atoms with Gasteiger partial charge >= 0.3 is 0 Å². The van der Waals surface area contributed by atoms with Crippen LogP contribution < -0.4 is 15.5 Å². The van der Waals surface area contributed by atoms with Crippen LogP contribution in [-0.4, -0.2) is 41.1 Å². The number of amides is 1. The summed E-state index contributed by atoms with van der Waals surface area (Å²) in [5.41, 5.74) is 4.34. The van der Waals surface area contributed by atoms with Crippen LogP contribution in [0.5, 0.6) is 0 Å². The zero-order valence-electron chi connectivity index (χ0n) is 19.4. The molecule has 0 atom stereocenters. The van der Waals surface area contributed by atoms with Gasteiger partial charge < -0.3 is 20.1 Å². The normalized spacial score (nSPS) is 13.9. The van der Waals surface area contributed by atoms with Crippen LogP contribution in [0.15, 0.2) is 53.5 Å². The Morgan fingerprint density at radius 1 is 1.12 bits per heavy atom. The van der Waals surface area contributed by atoms with Crippen molar-refractivity contribution in [2.75, 3.05) is 24.5 Å². The van der Waals surface area contributed by atoms with Gasteiger partial charge in [0.15, 0.2) is 5.96 Å². The Morgan fingerprint density at radius 3 is 2.64 bits per heavy atom. The van der Waals surface area contributed by atoms with Crippen molar-refractivity contribution in [1.29, 1.82) is 0 Å². The lowest BCUT2D eigenvalue weighted by atomic mass is 10.2. The van der Waals surface area contributed by atoms with E-state index < -0.39 is 0 Å². The number of carbonyl (C=O) groups excluding carboxylic acids is 1. The molecule has 7 nitrogen and oxygen atoms in total. The van der Waals surface area contributed by atoms with Crippen molar-refractivity contribution in [1.82, 2.24) is 20.2 Å². The maximum Gasteiger partial charge on any atom is 0.227 e. The Labute approximate surface area is 212 Å². The second kappa shape index (κ2) is 12.0. The number of nitrogens with one attached hydrogen (secondary N) is 2. The van der Waals surface area contributed by atoms with Crippen LogP contribution in [0.2, 0.25) is 0 Å². The summed E-state index contributed by atoms with van der Waals surface area (Å²) in [5.74, 6) is 2.08. The van der Waals surface area contributed by atoms with E-state index in [2.05, 4.69) is 64.4 Å². The van der Waals surface area contributed by atoms with E-state index in [4.69, 9.17) is 4.99 Å². The number of benzene rings is 2. The van der Waals surface area contributed by atoms with Crippen molar-refractivity contribution in [3.05, 3.63) is 59.9 Å². The first kappa shape index (κ1) is 25.0. The van der Waals surface area contributed by atoms with Gasteiger partial charge in [0.25, 0.3) is 0 Å². The number of aliphatic imine (C=N–C) groups is 1. The van der Waals surface area contributed by atoms with Crippen molar-refractivity contribution in [3.63, 3.8) is 0 Å². The molecule has 1 aliphatic rings. The second-order valence-corrected chi connectivity index (χ2v) is 8.09. The molecular formula is C25H33IN6O. The highest BCUT2D eigenvalue weighted by Crippen LogP contribution is 2.21. The smallest absolute Gasteiger partial charge is 0.227 e. The van der Waals surface area contributed by atoms with Crippen LogP contribution in [0.4, 0.5) is 5.69 Å². The minimum Gasteiger partial charge on any atom is -0.357 e. The number of para-hydroxylation sites is 2. The Bertz CT molecular complexity index is 1090. The van der Waals surface area contributed by atoms with E-state index in [-0.39, 0.29) is 29.9 Å². The van der Waals surface area contributed by atoms with Crippen LogP contribution in [0, 0.1) is 6.92 Å². The average Bonchev–Trinajstić information content (AvgIpc) is 3.37. The number of aryl methyl sites for hydroxylation is 2. The maximum absolute atomic E-state index is 11.9. The third kappa shape index (κ3) is 6.25. The van der Waals surface area contributed by atoms with Gasteiger partial charge in [0.05, 0.1) is 17.6 Å². The average molecular weight is 560 g/mol. The largest absolute Gasteiger partial charge is 0.357 e. The summed E-state index contributed by atoms with van der Waals surface area (Å²) in [5, 5.41) is 6.75. The molecule has 4 rings (SSSR count). The lowest BCUT2D eigenvalue weighted by molar-refractivity contribution is -0.117. The van der Waals surface area contributed by atoms with Crippen LogP contribution in [-0.2, 0) is 17.9 Å². The number of aromatic nitrogens is 2. The molecule has 1 fully saturated rings. The predicted octanol–water partition coefficient (Wildman–Crippen LogP) is 4.23. The third-order valence-corrected chi connectivity index (χ3v) is 5.78. The molecule has 0 radical (unpaired) electrons. The predicted molar refractivity (Wildman–Crippen MR) is 145 cm³/mol. The number of nitrogens with zero attached hydrogens (tertiary/aromatic N) is 4. The molecule has 0 bridgehead atoms. The Kier molecular flexibility index (Phi) is 9.11. The Hall–Kier alpha value is -2.62. The fraction of sp³-hybridized carbons (Fsp3) is 0.400. The topological polar surface area (TPSA) is 74.6 Å². The Balaban J connectivity index is 0.00000306. The van der Waals surface area contributed by atoms with Crippen LogP contribution >= 0.6 is 24.0 Å². The second-order valence-electron chi connectivity index (χ2n) is 8.09. The van der Waals surface area contributed by atoms with E-state index in [0.29, 0.717) is 13.0 Å². The molecule has 0 saturated carbocycles. The fourth-order valence-corrected chi connectivity index (χ4v) is 4.14. The maximum atomic E-state index is 11.9. The molecule has 2 aromatic carbocycles. The standard InChI is InChI=1S/C25H32N6O.HI/c1-3-26-25(27-15-7-17-30-19(2)29-22-8-4-5-9-23(22)30)28-18-20-11-13-21(14-12-20)31-16-6-10-24(31)32;/h4-5,8-9,11-14H,3,6-7,10,15-18H2,1-2H3,(H2,26,27,28);1H. The molecule has 2 N–H and O–H groups in total. The number of halogens is 1. The van der Waals surface area contributed by atoms with Crippen LogP contribution in [0.3, 0.4) is 0 Å². The molecule has 1 aliphatic heterocycles. The lowest BCUT2D eigenvalue weighted by Gasteiger charge is -2.16. The van der Waals surface area contributed by atoms with Crippen molar-refractivity contribution in [3.8, 4) is 0 Å². The highest BCUT2D eigenvalue weighted by Gasteiger charge is 2.21. The molecular weight excluding hydrogens is 527 g/mol. The van der Waals surface area contributed by atoms with E-state index in [1.807, 2.05) is 23.1 Å².